The lowest BCUT2D eigenvalue weighted by atomic mass is 10.1. The van der Waals surface area contributed by atoms with Crippen molar-refractivity contribution < 1.29 is 9.66 Å². The van der Waals surface area contributed by atoms with E-state index in [1.807, 2.05) is 0 Å². The normalized spacial score (nSPS) is 10.7. The molecule has 0 saturated heterocycles. The summed E-state index contributed by atoms with van der Waals surface area (Å²) in [4.78, 5) is 31.0. The molecule has 0 atom stereocenters. The Balaban J connectivity index is 2.14. The minimum atomic E-state index is -0.465. The zero-order valence-corrected chi connectivity index (χ0v) is 12.4. The SMILES string of the molecule is COc1nc2nc(-c3ccc([N+](=O)[O-])cc3)ccc2c(=O)n1C. The summed E-state index contributed by atoms with van der Waals surface area (Å²) >= 11 is 0. The molecule has 1 aromatic carbocycles. The molecule has 3 aromatic rings. The van der Waals surface area contributed by atoms with Gasteiger partial charge in [-0.2, -0.15) is 4.98 Å². The molecule has 0 unspecified atom stereocenters. The maximum absolute atomic E-state index is 12.2. The van der Waals surface area contributed by atoms with Gasteiger partial charge in [0.2, 0.25) is 0 Å². The third kappa shape index (κ3) is 2.50. The molecule has 0 spiro atoms. The number of hydrogen-bond acceptors (Lipinski definition) is 6. The number of ether oxygens (including phenoxy) is 1. The quantitative estimate of drug-likeness (QED) is 0.541. The molecule has 0 radical (unpaired) electrons. The van der Waals surface area contributed by atoms with Crippen LogP contribution in [0.15, 0.2) is 41.2 Å². The maximum atomic E-state index is 12.2. The van der Waals surface area contributed by atoms with Crippen LogP contribution in [0.25, 0.3) is 22.3 Å². The summed E-state index contributed by atoms with van der Waals surface area (Å²) in [7, 11) is 2.99. The van der Waals surface area contributed by atoms with E-state index in [0.717, 1.165) is 0 Å². The van der Waals surface area contributed by atoms with E-state index in [1.165, 1.54) is 23.8 Å². The highest BCUT2D eigenvalue weighted by molar-refractivity contribution is 5.77. The maximum Gasteiger partial charge on any atom is 0.300 e. The number of nitrogens with zero attached hydrogens (tertiary/aromatic N) is 4. The van der Waals surface area contributed by atoms with E-state index in [4.69, 9.17) is 4.74 Å². The van der Waals surface area contributed by atoms with E-state index in [1.54, 1.807) is 31.3 Å². The fourth-order valence-corrected chi connectivity index (χ4v) is 2.23. The fourth-order valence-electron chi connectivity index (χ4n) is 2.23. The third-order valence-corrected chi connectivity index (χ3v) is 3.46. The minimum absolute atomic E-state index is 0.00297. The lowest BCUT2D eigenvalue weighted by molar-refractivity contribution is -0.384. The minimum Gasteiger partial charge on any atom is -0.468 e. The van der Waals surface area contributed by atoms with Gasteiger partial charge in [0.25, 0.3) is 11.2 Å². The monoisotopic (exact) mass is 312 g/mol. The number of nitro groups is 1. The van der Waals surface area contributed by atoms with Crippen molar-refractivity contribution in [1.29, 1.82) is 0 Å². The van der Waals surface area contributed by atoms with Crippen LogP contribution in [0.5, 0.6) is 6.01 Å². The first-order chi connectivity index (χ1) is 11.0. The molecule has 8 heteroatoms. The van der Waals surface area contributed by atoms with Gasteiger partial charge in [-0.05, 0) is 24.3 Å². The highest BCUT2D eigenvalue weighted by Crippen LogP contribution is 2.22. The van der Waals surface area contributed by atoms with Gasteiger partial charge >= 0.3 is 6.01 Å². The van der Waals surface area contributed by atoms with E-state index in [-0.39, 0.29) is 22.9 Å². The molecule has 2 heterocycles. The summed E-state index contributed by atoms with van der Waals surface area (Å²) < 4.78 is 6.36. The molecule has 3 rings (SSSR count). The van der Waals surface area contributed by atoms with Gasteiger partial charge in [-0.15, -0.1) is 0 Å². The van der Waals surface area contributed by atoms with Crippen molar-refractivity contribution >= 4 is 16.7 Å². The number of fused-ring (bicyclic) bond motifs is 1. The zero-order chi connectivity index (χ0) is 16.6. The van der Waals surface area contributed by atoms with Crippen molar-refractivity contribution in [3.8, 4) is 17.3 Å². The smallest absolute Gasteiger partial charge is 0.300 e. The molecule has 0 aliphatic rings. The highest BCUT2D eigenvalue weighted by Gasteiger charge is 2.11. The summed E-state index contributed by atoms with van der Waals surface area (Å²) in [5.74, 6) is 0. The number of hydrogen-bond donors (Lipinski definition) is 0. The average Bonchev–Trinajstić information content (AvgIpc) is 2.57. The van der Waals surface area contributed by atoms with Crippen LogP contribution in [0.1, 0.15) is 0 Å². The van der Waals surface area contributed by atoms with E-state index >= 15 is 0 Å². The lowest BCUT2D eigenvalue weighted by Gasteiger charge is -2.07. The fraction of sp³-hybridized carbons (Fsp3) is 0.133. The standard InChI is InChI=1S/C15H12N4O4/c1-18-14(20)11-7-8-12(16-13(11)17-15(18)23-2)9-3-5-10(6-4-9)19(21)22/h3-8H,1-2H3. The van der Waals surface area contributed by atoms with Gasteiger partial charge in [0.1, 0.15) is 0 Å². The van der Waals surface area contributed by atoms with Gasteiger partial charge in [-0.1, -0.05) is 0 Å². The zero-order valence-electron chi connectivity index (χ0n) is 12.4. The lowest BCUT2D eigenvalue weighted by Crippen LogP contribution is -2.20. The van der Waals surface area contributed by atoms with Crippen LogP contribution < -0.4 is 10.3 Å². The van der Waals surface area contributed by atoms with Gasteiger partial charge in [0, 0.05) is 24.7 Å². The molecule has 0 bridgehead atoms. The molecule has 0 aliphatic heterocycles. The summed E-state index contributed by atoms with van der Waals surface area (Å²) in [5.41, 5.74) is 1.27. The molecular weight excluding hydrogens is 300 g/mol. The molecular formula is C15H12N4O4. The molecule has 23 heavy (non-hydrogen) atoms. The van der Waals surface area contributed by atoms with Crippen molar-refractivity contribution in [3.05, 3.63) is 56.9 Å². The first-order valence-electron chi connectivity index (χ1n) is 6.68. The first kappa shape index (κ1) is 14.6. The topological polar surface area (TPSA) is 100 Å². The largest absolute Gasteiger partial charge is 0.468 e. The van der Waals surface area contributed by atoms with Gasteiger partial charge in [-0.25, -0.2) is 4.98 Å². The van der Waals surface area contributed by atoms with Gasteiger partial charge in [0.05, 0.1) is 23.1 Å². The van der Waals surface area contributed by atoms with Crippen molar-refractivity contribution in [3.63, 3.8) is 0 Å². The molecule has 8 nitrogen and oxygen atoms in total. The number of rotatable bonds is 3. The Morgan fingerprint density at radius 2 is 1.83 bits per heavy atom. The number of aromatic nitrogens is 3. The number of non-ortho nitro benzene ring substituents is 1. The Morgan fingerprint density at radius 3 is 2.43 bits per heavy atom. The van der Waals surface area contributed by atoms with Crippen molar-refractivity contribution in [1.82, 2.24) is 14.5 Å². The third-order valence-electron chi connectivity index (χ3n) is 3.46. The van der Waals surface area contributed by atoms with Crippen LogP contribution >= 0.6 is 0 Å². The second-order valence-corrected chi connectivity index (χ2v) is 4.83. The van der Waals surface area contributed by atoms with E-state index in [0.29, 0.717) is 16.6 Å². The van der Waals surface area contributed by atoms with Gasteiger partial charge in [-0.3, -0.25) is 19.5 Å². The summed E-state index contributed by atoms with van der Waals surface area (Å²) in [6, 6.07) is 9.48. The Morgan fingerprint density at radius 1 is 1.13 bits per heavy atom. The Hall–Kier alpha value is -3.29. The van der Waals surface area contributed by atoms with Crippen molar-refractivity contribution in [2.24, 2.45) is 7.05 Å². The number of nitro benzene ring substituents is 1. The predicted molar refractivity (Wildman–Crippen MR) is 83.4 cm³/mol. The van der Waals surface area contributed by atoms with Crippen LogP contribution in [0, 0.1) is 10.1 Å². The summed E-state index contributed by atoms with van der Waals surface area (Å²) in [5, 5.41) is 11.1. The number of pyridine rings is 1. The predicted octanol–water partition coefficient (Wildman–Crippen LogP) is 1.91. The Bertz CT molecular complexity index is 964. The molecule has 2 aromatic heterocycles. The average molecular weight is 312 g/mol. The van der Waals surface area contributed by atoms with Crippen LogP contribution in [0.3, 0.4) is 0 Å². The van der Waals surface area contributed by atoms with Crippen molar-refractivity contribution in [2.45, 2.75) is 0 Å². The first-order valence-corrected chi connectivity index (χ1v) is 6.68. The van der Waals surface area contributed by atoms with Gasteiger partial charge < -0.3 is 4.74 Å². The summed E-state index contributed by atoms with van der Waals surface area (Å²) in [6.45, 7) is 0. The van der Waals surface area contributed by atoms with E-state index < -0.39 is 4.92 Å². The molecule has 0 amide bonds. The number of methoxy groups -OCH3 is 1. The van der Waals surface area contributed by atoms with Gasteiger partial charge in [0.15, 0.2) is 5.65 Å². The molecule has 116 valence electrons. The van der Waals surface area contributed by atoms with Crippen LogP contribution in [-0.4, -0.2) is 26.6 Å². The molecule has 0 aliphatic carbocycles. The molecule has 0 saturated carbocycles. The molecule has 0 fully saturated rings. The second kappa shape index (κ2) is 5.48. The van der Waals surface area contributed by atoms with E-state index in [2.05, 4.69) is 9.97 Å². The summed E-state index contributed by atoms with van der Waals surface area (Å²) in [6.07, 6.45) is 0. The number of benzene rings is 1. The Labute approximate surface area is 130 Å². The van der Waals surface area contributed by atoms with Crippen LogP contribution in [0.4, 0.5) is 5.69 Å². The van der Waals surface area contributed by atoms with Crippen LogP contribution in [0.2, 0.25) is 0 Å². The Kier molecular flexibility index (Phi) is 3.49. The van der Waals surface area contributed by atoms with E-state index in [9.17, 15) is 14.9 Å². The second-order valence-electron chi connectivity index (χ2n) is 4.83. The van der Waals surface area contributed by atoms with Crippen molar-refractivity contribution in [2.75, 3.05) is 7.11 Å². The van der Waals surface area contributed by atoms with Crippen LogP contribution in [-0.2, 0) is 7.05 Å². The molecule has 0 N–H and O–H groups in total. The highest BCUT2D eigenvalue weighted by atomic mass is 16.6.